The number of ether oxygens (including phenoxy) is 2. The number of hydrogen-bond acceptors (Lipinski definition) is 5. The van der Waals surface area contributed by atoms with E-state index >= 15 is 0 Å². The minimum absolute atomic E-state index is 0. The molecule has 5 nitrogen and oxygen atoms in total. The fourth-order valence-electron chi connectivity index (χ4n) is 5.38. The molecule has 0 aromatic heterocycles. The van der Waals surface area contributed by atoms with Crippen LogP contribution < -0.4 is 4.74 Å². The largest absolute Gasteiger partial charge is 0.497 e. The Hall–Kier alpha value is -2.20. The molecule has 0 radical (unpaired) electrons. The molecule has 1 atom stereocenters. The first kappa shape index (κ1) is 38.0. The number of piperazine rings is 1. The lowest BCUT2D eigenvalue weighted by Gasteiger charge is -2.41. The molecule has 2 aliphatic heterocycles. The number of rotatable bonds is 7. The summed E-state index contributed by atoms with van der Waals surface area (Å²) >= 11 is 0. The lowest BCUT2D eigenvalue weighted by Crippen LogP contribution is -2.53. The molecule has 0 spiro atoms. The molecule has 0 aliphatic carbocycles. The van der Waals surface area contributed by atoms with Gasteiger partial charge in [-0.25, -0.2) is 0 Å². The highest BCUT2D eigenvalue weighted by Crippen LogP contribution is 2.34. The topological polar surface area (TPSA) is 28.2 Å². The zero-order valence-electron chi connectivity index (χ0n) is 24.9. The average molecular weight is 671 g/mol. The van der Waals surface area contributed by atoms with E-state index in [4.69, 9.17) is 9.47 Å². The molecule has 0 amide bonds. The van der Waals surface area contributed by atoms with E-state index in [2.05, 4.69) is 40.4 Å². The number of methoxy groups -OCH3 is 1. The van der Waals surface area contributed by atoms with Crippen molar-refractivity contribution in [1.82, 2.24) is 14.7 Å². The van der Waals surface area contributed by atoms with E-state index < -0.39 is 23.5 Å². The van der Waals surface area contributed by atoms with Crippen LogP contribution in [0.3, 0.4) is 0 Å². The lowest BCUT2D eigenvalue weighted by molar-refractivity contribution is -0.138. The highest BCUT2D eigenvalue weighted by atomic mass is 35.5. The van der Waals surface area contributed by atoms with Gasteiger partial charge in [0.1, 0.15) is 5.75 Å². The van der Waals surface area contributed by atoms with E-state index in [-0.39, 0.29) is 48.7 Å². The van der Waals surface area contributed by atoms with Crippen molar-refractivity contribution in [3.8, 4) is 17.6 Å². The minimum Gasteiger partial charge on any atom is -0.497 e. The van der Waals surface area contributed by atoms with Gasteiger partial charge in [-0.15, -0.1) is 24.8 Å². The Labute approximate surface area is 267 Å². The zero-order valence-corrected chi connectivity index (χ0v) is 26.6. The maximum Gasteiger partial charge on any atom is 0.416 e. The molecule has 0 N–H and O–H groups in total. The third kappa shape index (κ3) is 10.4. The molecule has 0 bridgehead atoms. The van der Waals surface area contributed by atoms with Crippen LogP contribution in [0.25, 0.3) is 0 Å². The van der Waals surface area contributed by atoms with Crippen molar-refractivity contribution in [2.75, 3.05) is 59.6 Å². The molecule has 2 saturated heterocycles. The van der Waals surface area contributed by atoms with Crippen molar-refractivity contribution in [2.24, 2.45) is 0 Å². The van der Waals surface area contributed by atoms with Crippen LogP contribution in [0.15, 0.2) is 42.5 Å². The van der Waals surface area contributed by atoms with Gasteiger partial charge in [0.15, 0.2) is 0 Å². The van der Waals surface area contributed by atoms with Crippen molar-refractivity contribution in [3.05, 3.63) is 64.7 Å². The monoisotopic (exact) mass is 669 g/mol. The second-order valence-corrected chi connectivity index (χ2v) is 11.5. The third-order valence-electron chi connectivity index (χ3n) is 7.87. The highest BCUT2D eigenvalue weighted by molar-refractivity contribution is 5.85. The van der Waals surface area contributed by atoms with Crippen LogP contribution in [0.4, 0.5) is 26.3 Å². The second-order valence-electron chi connectivity index (χ2n) is 11.5. The van der Waals surface area contributed by atoms with E-state index in [9.17, 15) is 26.3 Å². The summed E-state index contributed by atoms with van der Waals surface area (Å²) in [6.07, 6.45) is -8.50. The predicted octanol–water partition coefficient (Wildman–Crippen LogP) is 6.42. The van der Waals surface area contributed by atoms with E-state index in [0.29, 0.717) is 57.9 Å². The molecule has 2 heterocycles. The van der Waals surface area contributed by atoms with Gasteiger partial charge in [-0.05, 0) is 61.7 Å². The minimum atomic E-state index is -4.52. The Bertz CT molecular complexity index is 1260. The molecular weight excluding hydrogens is 631 g/mol. The van der Waals surface area contributed by atoms with Crippen molar-refractivity contribution in [3.63, 3.8) is 0 Å². The van der Waals surface area contributed by atoms with Gasteiger partial charge in [0.25, 0.3) is 0 Å². The first-order valence-electron chi connectivity index (χ1n) is 13.9. The van der Waals surface area contributed by atoms with Crippen molar-refractivity contribution in [1.29, 1.82) is 0 Å². The number of benzene rings is 2. The van der Waals surface area contributed by atoms with Crippen molar-refractivity contribution in [2.45, 2.75) is 50.7 Å². The fourth-order valence-corrected chi connectivity index (χ4v) is 5.38. The maximum atomic E-state index is 13.5. The van der Waals surface area contributed by atoms with Crippen LogP contribution >= 0.6 is 24.8 Å². The number of hydrogen-bond donors (Lipinski definition) is 0. The Morgan fingerprint density at radius 2 is 1.52 bits per heavy atom. The molecule has 246 valence electrons. The molecule has 13 heteroatoms. The molecule has 0 saturated carbocycles. The summed E-state index contributed by atoms with van der Waals surface area (Å²) in [6.45, 7) is 9.61. The van der Waals surface area contributed by atoms with Crippen LogP contribution in [0, 0.1) is 11.8 Å². The van der Waals surface area contributed by atoms with E-state index in [1.54, 1.807) is 6.07 Å². The van der Waals surface area contributed by atoms with Crippen LogP contribution in [0.2, 0.25) is 0 Å². The molecule has 2 aromatic carbocycles. The molecule has 2 fully saturated rings. The van der Waals surface area contributed by atoms with E-state index in [1.165, 1.54) is 19.2 Å². The molecule has 2 aliphatic rings. The Kier molecular flexibility index (Phi) is 13.7. The van der Waals surface area contributed by atoms with E-state index in [0.717, 1.165) is 36.4 Å². The SMILES string of the molecule is COc1cc(CN2CCN(CC#CCN3CCOCC3(C)C)C[C@H]2Cc2ccc(C(F)(F)F)cc2)cc(C(F)(F)F)c1.Cl.Cl. The Balaban J connectivity index is 0.00000337. The predicted molar refractivity (Wildman–Crippen MR) is 163 cm³/mol. The van der Waals surface area contributed by atoms with Gasteiger partial charge < -0.3 is 9.47 Å². The van der Waals surface area contributed by atoms with Gasteiger partial charge in [-0.3, -0.25) is 14.7 Å². The van der Waals surface area contributed by atoms with Gasteiger partial charge >= 0.3 is 12.4 Å². The van der Waals surface area contributed by atoms with E-state index in [1.807, 2.05) is 0 Å². The highest BCUT2D eigenvalue weighted by Gasteiger charge is 2.34. The van der Waals surface area contributed by atoms with Crippen molar-refractivity contribution < 1.29 is 35.8 Å². The summed E-state index contributed by atoms with van der Waals surface area (Å²) in [7, 11) is 1.33. The molecule has 2 aromatic rings. The summed E-state index contributed by atoms with van der Waals surface area (Å²) in [5.41, 5.74) is -0.406. The molecule has 4 rings (SSSR count). The van der Waals surface area contributed by atoms with Crippen LogP contribution in [0.5, 0.6) is 5.75 Å². The Morgan fingerprint density at radius 3 is 2.14 bits per heavy atom. The smallest absolute Gasteiger partial charge is 0.416 e. The molecular formula is C31H39Cl2F6N3O2. The van der Waals surface area contributed by atoms with Gasteiger partial charge in [-0.2, -0.15) is 26.3 Å². The number of halogens is 8. The first-order chi connectivity index (χ1) is 19.7. The third-order valence-corrected chi connectivity index (χ3v) is 7.87. The maximum absolute atomic E-state index is 13.5. The fraction of sp³-hybridized carbons (Fsp3) is 0.548. The normalized spacial score (nSPS) is 19.7. The Morgan fingerprint density at radius 1 is 0.864 bits per heavy atom. The average Bonchev–Trinajstić information content (AvgIpc) is 2.92. The van der Waals surface area contributed by atoms with Gasteiger partial charge in [0.2, 0.25) is 0 Å². The number of alkyl halides is 6. The quantitative estimate of drug-likeness (QED) is 0.251. The number of morpholine rings is 1. The standard InChI is InChI=1S/C31H37F6N3O2.2ClH/c1-29(2)22-42-15-14-40(29)11-5-4-10-38-12-13-39(20-24-16-26(31(35,36)37)19-28(18-24)41-3)27(21-38)17-23-6-8-25(9-7-23)30(32,33)34;;/h6-9,16,18-19,27H,10-15,17,20-22H2,1-3H3;2*1H/t27-;;/m1../s1. The van der Waals surface area contributed by atoms with Crippen LogP contribution in [-0.4, -0.2) is 85.9 Å². The summed E-state index contributed by atoms with van der Waals surface area (Å²) in [5, 5.41) is 0. The van der Waals surface area contributed by atoms with Gasteiger partial charge in [-0.1, -0.05) is 24.0 Å². The lowest BCUT2D eigenvalue weighted by atomic mass is 9.99. The zero-order chi connectivity index (χ0) is 30.5. The van der Waals surface area contributed by atoms with Crippen LogP contribution in [0.1, 0.15) is 36.1 Å². The molecule has 0 unspecified atom stereocenters. The van der Waals surface area contributed by atoms with Gasteiger partial charge in [0.05, 0.1) is 44.5 Å². The molecule has 44 heavy (non-hydrogen) atoms. The van der Waals surface area contributed by atoms with Crippen molar-refractivity contribution >= 4 is 24.8 Å². The van der Waals surface area contributed by atoms with Crippen LogP contribution in [-0.2, 0) is 30.1 Å². The summed E-state index contributed by atoms with van der Waals surface area (Å²) < 4.78 is 90.6. The second kappa shape index (κ2) is 15.9. The first-order valence-corrected chi connectivity index (χ1v) is 13.9. The van der Waals surface area contributed by atoms with Gasteiger partial charge in [0, 0.05) is 44.3 Å². The summed E-state index contributed by atoms with van der Waals surface area (Å²) in [6, 6.07) is 8.62. The summed E-state index contributed by atoms with van der Waals surface area (Å²) in [4.78, 5) is 6.57. The summed E-state index contributed by atoms with van der Waals surface area (Å²) in [5.74, 6) is 6.65. The number of nitrogens with zero attached hydrogens (tertiary/aromatic N) is 3.